The summed E-state index contributed by atoms with van der Waals surface area (Å²) in [4.78, 5) is 0. The first-order valence-electron chi connectivity index (χ1n) is 7.24. The molecule has 0 fully saturated rings. The Balaban J connectivity index is 2.41. The van der Waals surface area contributed by atoms with Crippen molar-refractivity contribution in [3.63, 3.8) is 0 Å². The molecule has 1 atom stereocenters. The smallest absolute Gasteiger partial charge is 0.0254 e. The molecule has 2 heteroatoms. The van der Waals surface area contributed by atoms with E-state index < -0.39 is 0 Å². The van der Waals surface area contributed by atoms with Gasteiger partial charge in [0.1, 0.15) is 0 Å². The molecule has 102 valence electrons. The Labute approximate surface area is 117 Å². The Morgan fingerprint density at radius 1 is 1.06 bits per heavy atom. The fourth-order valence-electron chi connectivity index (χ4n) is 2.23. The lowest BCUT2D eigenvalue weighted by Gasteiger charge is -2.25. The highest BCUT2D eigenvalue weighted by atomic mass is 35.5. The minimum Gasteiger partial charge on any atom is -0.217 e. The van der Waals surface area contributed by atoms with Gasteiger partial charge in [0, 0.05) is 12.6 Å². The highest BCUT2D eigenvalue weighted by Crippen LogP contribution is 2.17. The van der Waals surface area contributed by atoms with Gasteiger partial charge in [0.05, 0.1) is 0 Å². The fourth-order valence-corrected chi connectivity index (χ4v) is 2.54. The number of hydrogen-bond acceptors (Lipinski definition) is 1. The number of nitrogens with zero attached hydrogens (tertiary/aromatic N) is 1. The van der Waals surface area contributed by atoms with E-state index in [0.717, 1.165) is 19.4 Å². The Morgan fingerprint density at radius 3 is 2.39 bits per heavy atom. The van der Waals surface area contributed by atoms with Crippen LogP contribution in [0.25, 0.3) is 0 Å². The van der Waals surface area contributed by atoms with Crippen molar-refractivity contribution in [1.29, 1.82) is 0 Å². The van der Waals surface area contributed by atoms with E-state index in [1.54, 1.807) is 0 Å². The predicted molar refractivity (Wildman–Crippen MR) is 80.9 cm³/mol. The molecule has 1 nitrogen and oxygen atoms in total. The third kappa shape index (κ3) is 5.88. The topological polar surface area (TPSA) is 3.24 Å². The summed E-state index contributed by atoms with van der Waals surface area (Å²) in [6.45, 7) is 5.46. The molecule has 0 aliphatic rings. The molecular formula is C16H26ClN. The molecule has 1 aromatic rings. The molecule has 1 unspecified atom stereocenters. The maximum atomic E-state index is 6.40. The van der Waals surface area contributed by atoms with Gasteiger partial charge >= 0.3 is 0 Å². The van der Waals surface area contributed by atoms with E-state index in [4.69, 9.17) is 11.8 Å². The first-order valence-corrected chi connectivity index (χ1v) is 7.58. The second-order valence-electron chi connectivity index (χ2n) is 4.94. The van der Waals surface area contributed by atoms with Gasteiger partial charge in [0.25, 0.3) is 0 Å². The zero-order valence-electron chi connectivity index (χ0n) is 11.7. The largest absolute Gasteiger partial charge is 0.217 e. The molecule has 0 radical (unpaired) electrons. The highest BCUT2D eigenvalue weighted by molar-refractivity contribution is 6.13. The Kier molecular flexibility index (Phi) is 8.11. The zero-order valence-corrected chi connectivity index (χ0v) is 12.5. The van der Waals surface area contributed by atoms with Gasteiger partial charge in [-0.15, -0.1) is 0 Å². The van der Waals surface area contributed by atoms with Gasteiger partial charge in [-0.3, -0.25) is 0 Å². The second kappa shape index (κ2) is 9.41. The number of rotatable bonds is 9. The summed E-state index contributed by atoms with van der Waals surface area (Å²) in [6, 6.07) is 11.2. The van der Waals surface area contributed by atoms with Crippen LogP contribution >= 0.6 is 11.8 Å². The third-order valence-electron chi connectivity index (χ3n) is 3.35. The van der Waals surface area contributed by atoms with Gasteiger partial charge in [-0.1, -0.05) is 57.0 Å². The van der Waals surface area contributed by atoms with Crippen LogP contribution in [0.1, 0.15) is 51.5 Å². The lowest BCUT2D eigenvalue weighted by atomic mass is 10.0. The maximum Gasteiger partial charge on any atom is 0.0254 e. The summed E-state index contributed by atoms with van der Waals surface area (Å²) in [5.74, 6) is 0. The first-order chi connectivity index (χ1) is 8.77. The van der Waals surface area contributed by atoms with Crippen molar-refractivity contribution >= 4 is 11.8 Å². The molecule has 0 spiro atoms. The van der Waals surface area contributed by atoms with Crippen molar-refractivity contribution in [3.05, 3.63) is 35.9 Å². The summed E-state index contributed by atoms with van der Waals surface area (Å²) >= 11 is 6.40. The number of benzene rings is 1. The third-order valence-corrected chi connectivity index (χ3v) is 3.80. The minimum absolute atomic E-state index is 0.517. The summed E-state index contributed by atoms with van der Waals surface area (Å²) in [7, 11) is 0. The van der Waals surface area contributed by atoms with Crippen molar-refractivity contribution in [2.24, 2.45) is 0 Å². The minimum atomic E-state index is 0.517. The monoisotopic (exact) mass is 267 g/mol. The van der Waals surface area contributed by atoms with Crippen LogP contribution in [0.2, 0.25) is 0 Å². The molecule has 0 heterocycles. The van der Waals surface area contributed by atoms with Gasteiger partial charge in [-0.2, -0.15) is 0 Å². The molecule has 0 saturated heterocycles. The van der Waals surface area contributed by atoms with E-state index in [1.807, 2.05) is 4.42 Å². The zero-order chi connectivity index (χ0) is 13.2. The van der Waals surface area contributed by atoms with Crippen LogP contribution in [-0.2, 0) is 6.42 Å². The van der Waals surface area contributed by atoms with Crippen LogP contribution in [-0.4, -0.2) is 17.0 Å². The van der Waals surface area contributed by atoms with E-state index in [2.05, 4.69) is 44.2 Å². The van der Waals surface area contributed by atoms with E-state index >= 15 is 0 Å². The molecule has 0 aliphatic heterocycles. The SMILES string of the molecule is CCCCN(Cl)C(CCC)CCc1ccccc1. The van der Waals surface area contributed by atoms with Crippen molar-refractivity contribution < 1.29 is 0 Å². The predicted octanol–water partition coefficient (Wildman–Crippen LogP) is 5.04. The highest BCUT2D eigenvalue weighted by Gasteiger charge is 2.15. The molecular weight excluding hydrogens is 242 g/mol. The van der Waals surface area contributed by atoms with E-state index in [1.165, 1.54) is 31.2 Å². The van der Waals surface area contributed by atoms with E-state index in [9.17, 15) is 0 Å². The van der Waals surface area contributed by atoms with Crippen LogP contribution in [0.3, 0.4) is 0 Å². The van der Waals surface area contributed by atoms with Crippen molar-refractivity contribution in [1.82, 2.24) is 4.42 Å². The molecule has 0 bridgehead atoms. The first kappa shape index (κ1) is 15.5. The van der Waals surface area contributed by atoms with Gasteiger partial charge in [0.2, 0.25) is 0 Å². The van der Waals surface area contributed by atoms with Gasteiger partial charge in [-0.05, 0) is 43.0 Å². The average Bonchev–Trinajstić information content (AvgIpc) is 2.42. The number of unbranched alkanes of at least 4 members (excludes halogenated alkanes) is 1. The average molecular weight is 268 g/mol. The molecule has 1 aromatic carbocycles. The number of hydrogen-bond donors (Lipinski definition) is 0. The van der Waals surface area contributed by atoms with Crippen LogP contribution in [0.15, 0.2) is 30.3 Å². The van der Waals surface area contributed by atoms with Gasteiger partial charge in [0.15, 0.2) is 0 Å². The summed E-state index contributed by atoms with van der Waals surface area (Å²) in [6.07, 6.45) is 7.08. The Hall–Kier alpha value is -0.530. The Bertz CT molecular complexity index is 299. The molecule has 1 rings (SSSR count). The lowest BCUT2D eigenvalue weighted by Crippen LogP contribution is -2.28. The number of halogens is 1. The second-order valence-corrected chi connectivity index (χ2v) is 5.38. The molecule has 0 aliphatic carbocycles. The maximum absolute atomic E-state index is 6.40. The van der Waals surface area contributed by atoms with Gasteiger partial charge in [-0.25, -0.2) is 4.42 Å². The van der Waals surface area contributed by atoms with Crippen molar-refractivity contribution in [2.45, 2.75) is 58.4 Å². The van der Waals surface area contributed by atoms with Crippen LogP contribution < -0.4 is 0 Å². The lowest BCUT2D eigenvalue weighted by molar-refractivity contribution is 0.298. The molecule has 0 N–H and O–H groups in total. The quantitative estimate of drug-likeness (QED) is 0.567. The van der Waals surface area contributed by atoms with Crippen LogP contribution in [0.5, 0.6) is 0 Å². The van der Waals surface area contributed by atoms with E-state index in [-0.39, 0.29) is 0 Å². The molecule has 18 heavy (non-hydrogen) atoms. The summed E-state index contributed by atoms with van der Waals surface area (Å²) in [5.41, 5.74) is 1.42. The normalized spacial score (nSPS) is 12.9. The number of aryl methyl sites for hydroxylation is 1. The molecule has 0 saturated carbocycles. The van der Waals surface area contributed by atoms with Crippen molar-refractivity contribution in [2.75, 3.05) is 6.54 Å². The Morgan fingerprint density at radius 2 is 1.78 bits per heavy atom. The standard InChI is InChI=1S/C16H26ClN/c1-3-5-14-18(17)16(9-4-2)13-12-15-10-7-6-8-11-15/h6-8,10-11,16H,3-5,9,12-14H2,1-2H3. The summed E-state index contributed by atoms with van der Waals surface area (Å²) in [5, 5.41) is 0. The fraction of sp³-hybridized carbons (Fsp3) is 0.625. The van der Waals surface area contributed by atoms with Crippen LogP contribution in [0.4, 0.5) is 0 Å². The summed E-state index contributed by atoms with van der Waals surface area (Å²) < 4.78 is 2.04. The van der Waals surface area contributed by atoms with Crippen molar-refractivity contribution in [3.8, 4) is 0 Å². The van der Waals surface area contributed by atoms with Gasteiger partial charge < -0.3 is 0 Å². The molecule has 0 aromatic heterocycles. The van der Waals surface area contributed by atoms with E-state index in [0.29, 0.717) is 6.04 Å². The van der Waals surface area contributed by atoms with Crippen LogP contribution in [0, 0.1) is 0 Å². The molecule has 0 amide bonds.